The molecule has 1 rings (SSSR count). The number of likely N-dealkylation sites (tertiary alicyclic amines) is 1. The lowest BCUT2D eigenvalue weighted by atomic mass is 10.1. The fourth-order valence-electron chi connectivity index (χ4n) is 2.32. The highest BCUT2D eigenvalue weighted by Crippen LogP contribution is 2.19. The second-order valence-corrected chi connectivity index (χ2v) is 4.39. The normalized spacial score (nSPS) is 23.3. The van der Waals surface area contributed by atoms with E-state index in [0.717, 1.165) is 13.1 Å². The molecule has 16 heavy (non-hydrogen) atoms. The summed E-state index contributed by atoms with van der Waals surface area (Å²) >= 11 is 0. The van der Waals surface area contributed by atoms with E-state index in [9.17, 15) is 4.79 Å². The molecular formula is C12H24N2O2. The zero-order valence-corrected chi connectivity index (χ0v) is 10.4. The Balaban J connectivity index is 2.25. The highest BCUT2D eigenvalue weighted by molar-refractivity contribution is 5.75. The first-order valence-electron chi connectivity index (χ1n) is 6.35. The van der Waals surface area contributed by atoms with Gasteiger partial charge in [0.1, 0.15) is 6.04 Å². The third-order valence-corrected chi connectivity index (χ3v) is 3.29. The van der Waals surface area contributed by atoms with Crippen LogP contribution < -0.4 is 5.73 Å². The van der Waals surface area contributed by atoms with Crippen LogP contribution in [0.2, 0.25) is 0 Å². The molecule has 0 spiro atoms. The highest BCUT2D eigenvalue weighted by Gasteiger charge is 2.24. The second kappa shape index (κ2) is 6.86. The van der Waals surface area contributed by atoms with Crippen LogP contribution in [0.4, 0.5) is 0 Å². The summed E-state index contributed by atoms with van der Waals surface area (Å²) in [7, 11) is 0. The van der Waals surface area contributed by atoms with Crippen molar-refractivity contribution in [3.63, 3.8) is 0 Å². The summed E-state index contributed by atoms with van der Waals surface area (Å²) in [4.78, 5) is 13.8. The summed E-state index contributed by atoms with van der Waals surface area (Å²) in [5.74, 6) is -0.269. The van der Waals surface area contributed by atoms with Crippen LogP contribution in [0.1, 0.15) is 39.5 Å². The Kier molecular flexibility index (Phi) is 5.77. The van der Waals surface area contributed by atoms with Crippen LogP contribution in [-0.4, -0.2) is 42.6 Å². The fourth-order valence-corrected chi connectivity index (χ4v) is 2.32. The van der Waals surface area contributed by atoms with Gasteiger partial charge in [0.25, 0.3) is 0 Å². The van der Waals surface area contributed by atoms with E-state index < -0.39 is 6.04 Å². The van der Waals surface area contributed by atoms with Crippen LogP contribution in [0, 0.1) is 0 Å². The van der Waals surface area contributed by atoms with Crippen molar-refractivity contribution < 1.29 is 9.53 Å². The lowest BCUT2D eigenvalue weighted by Gasteiger charge is -2.24. The molecule has 4 nitrogen and oxygen atoms in total. The maximum Gasteiger partial charge on any atom is 0.322 e. The van der Waals surface area contributed by atoms with Gasteiger partial charge in [-0.2, -0.15) is 0 Å². The zero-order valence-electron chi connectivity index (χ0n) is 10.4. The Morgan fingerprint density at radius 1 is 1.56 bits per heavy atom. The number of esters is 1. The first-order valence-corrected chi connectivity index (χ1v) is 6.35. The number of nitrogens with zero attached hydrogens (tertiary/aromatic N) is 1. The average Bonchev–Trinajstić information content (AvgIpc) is 2.73. The molecule has 2 unspecified atom stereocenters. The molecule has 1 heterocycles. The van der Waals surface area contributed by atoms with Gasteiger partial charge in [0.15, 0.2) is 0 Å². The number of ether oxygens (including phenoxy) is 1. The van der Waals surface area contributed by atoms with Crippen molar-refractivity contribution in [2.45, 2.75) is 51.6 Å². The van der Waals surface area contributed by atoms with E-state index in [1.807, 2.05) is 0 Å². The Bertz CT molecular complexity index is 221. The molecule has 4 heteroatoms. The molecule has 0 aliphatic carbocycles. The Morgan fingerprint density at radius 3 is 2.94 bits per heavy atom. The molecule has 1 aliphatic rings. The molecule has 0 radical (unpaired) electrons. The molecule has 94 valence electrons. The number of carbonyl (C=O) groups excluding carboxylic acids is 1. The third-order valence-electron chi connectivity index (χ3n) is 3.29. The monoisotopic (exact) mass is 228 g/mol. The third kappa shape index (κ3) is 3.76. The topological polar surface area (TPSA) is 55.6 Å². The van der Waals surface area contributed by atoms with E-state index in [2.05, 4.69) is 11.8 Å². The quantitative estimate of drug-likeness (QED) is 0.693. The summed E-state index contributed by atoms with van der Waals surface area (Å²) in [6, 6.07) is 0.229. The van der Waals surface area contributed by atoms with Crippen LogP contribution in [0.15, 0.2) is 0 Å². The van der Waals surface area contributed by atoms with E-state index in [0.29, 0.717) is 19.1 Å². The molecule has 1 saturated heterocycles. The molecule has 0 amide bonds. The molecule has 0 aromatic heterocycles. The van der Waals surface area contributed by atoms with Gasteiger partial charge in [0, 0.05) is 12.6 Å². The summed E-state index contributed by atoms with van der Waals surface area (Å²) in [5.41, 5.74) is 5.77. The number of nitrogens with two attached hydrogens (primary N) is 1. The molecule has 0 saturated carbocycles. The summed E-state index contributed by atoms with van der Waals surface area (Å²) in [5, 5.41) is 0. The van der Waals surface area contributed by atoms with Gasteiger partial charge in [-0.3, -0.25) is 4.79 Å². The predicted molar refractivity (Wildman–Crippen MR) is 64.1 cm³/mol. The van der Waals surface area contributed by atoms with Crippen molar-refractivity contribution in [1.82, 2.24) is 4.90 Å². The molecule has 1 aliphatic heterocycles. The van der Waals surface area contributed by atoms with Crippen molar-refractivity contribution in [3.8, 4) is 0 Å². The molecule has 0 bridgehead atoms. The molecule has 2 atom stereocenters. The lowest BCUT2D eigenvalue weighted by Crippen LogP contribution is -2.38. The van der Waals surface area contributed by atoms with Crippen LogP contribution in [0.5, 0.6) is 0 Å². The van der Waals surface area contributed by atoms with Gasteiger partial charge in [0.05, 0.1) is 6.61 Å². The first kappa shape index (κ1) is 13.5. The minimum atomic E-state index is -0.460. The fraction of sp³-hybridized carbons (Fsp3) is 0.917. The van der Waals surface area contributed by atoms with Crippen LogP contribution in [-0.2, 0) is 9.53 Å². The first-order chi connectivity index (χ1) is 7.69. The van der Waals surface area contributed by atoms with Crippen molar-refractivity contribution in [3.05, 3.63) is 0 Å². The van der Waals surface area contributed by atoms with Crippen LogP contribution in [0.3, 0.4) is 0 Å². The van der Waals surface area contributed by atoms with Gasteiger partial charge >= 0.3 is 5.97 Å². The maximum atomic E-state index is 11.3. The van der Waals surface area contributed by atoms with E-state index >= 15 is 0 Å². The Morgan fingerprint density at radius 2 is 2.31 bits per heavy atom. The molecular weight excluding hydrogens is 204 g/mol. The zero-order chi connectivity index (χ0) is 12.0. The van der Waals surface area contributed by atoms with Crippen molar-refractivity contribution >= 4 is 5.97 Å². The van der Waals surface area contributed by atoms with Gasteiger partial charge in [-0.1, -0.05) is 6.92 Å². The van der Waals surface area contributed by atoms with Gasteiger partial charge in [-0.25, -0.2) is 0 Å². The van der Waals surface area contributed by atoms with Crippen LogP contribution >= 0.6 is 0 Å². The predicted octanol–water partition coefficient (Wildman–Crippen LogP) is 1.14. The summed E-state index contributed by atoms with van der Waals surface area (Å²) in [6.45, 7) is 6.49. The van der Waals surface area contributed by atoms with E-state index in [4.69, 9.17) is 10.5 Å². The smallest absolute Gasteiger partial charge is 0.322 e. The largest absolute Gasteiger partial charge is 0.465 e. The highest BCUT2D eigenvalue weighted by atomic mass is 16.5. The molecule has 2 N–H and O–H groups in total. The SMILES string of the molecule is CCOC(=O)C(N)CCN1CCCC1CC. The van der Waals surface area contributed by atoms with Gasteiger partial charge < -0.3 is 15.4 Å². The van der Waals surface area contributed by atoms with Crippen molar-refractivity contribution in [2.24, 2.45) is 5.73 Å². The summed E-state index contributed by atoms with van der Waals surface area (Å²) in [6.07, 6.45) is 4.45. The van der Waals surface area contributed by atoms with Gasteiger partial charge in [-0.05, 0) is 39.2 Å². The average molecular weight is 228 g/mol. The van der Waals surface area contributed by atoms with Gasteiger partial charge in [0.2, 0.25) is 0 Å². The second-order valence-electron chi connectivity index (χ2n) is 4.39. The van der Waals surface area contributed by atoms with Crippen LogP contribution in [0.25, 0.3) is 0 Å². The number of rotatable bonds is 6. The standard InChI is InChI=1S/C12H24N2O2/c1-3-10-6-5-8-14(10)9-7-11(13)12(15)16-4-2/h10-11H,3-9,13H2,1-2H3. The molecule has 0 aromatic rings. The van der Waals surface area contributed by atoms with Gasteiger partial charge in [-0.15, -0.1) is 0 Å². The van der Waals surface area contributed by atoms with E-state index in [1.54, 1.807) is 6.92 Å². The number of carbonyl (C=O) groups is 1. The lowest BCUT2D eigenvalue weighted by molar-refractivity contribution is -0.144. The minimum absolute atomic E-state index is 0.269. The van der Waals surface area contributed by atoms with E-state index in [-0.39, 0.29) is 5.97 Å². The Labute approximate surface area is 98.1 Å². The van der Waals surface area contributed by atoms with Crippen molar-refractivity contribution in [2.75, 3.05) is 19.7 Å². The maximum absolute atomic E-state index is 11.3. The number of hydrogen-bond acceptors (Lipinski definition) is 4. The Hall–Kier alpha value is -0.610. The van der Waals surface area contributed by atoms with Crippen molar-refractivity contribution in [1.29, 1.82) is 0 Å². The number of hydrogen-bond donors (Lipinski definition) is 1. The molecule has 1 fully saturated rings. The van der Waals surface area contributed by atoms with E-state index in [1.165, 1.54) is 19.3 Å². The molecule has 0 aromatic carbocycles. The summed E-state index contributed by atoms with van der Waals surface area (Å²) < 4.78 is 4.89. The minimum Gasteiger partial charge on any atom is -0.465 e.